The van der Waals surface area contributed by atoms with E-state index in [2.05, 4.69) is 0 Å². The number of nitro groups is 1. The maximum Gasteiger partial charge on any atom is 0.194 e. The van der Waals surface area contributed by atoms with E-state index in [1.165, 1.54) is 0 Å². The van der Waals surface area contributed by atoms with Crippen molar-refractivity contribution in [1.82, 2.24) is 0 Å². The summed E-state index contributed by atoms with van der Waals surface area (Å²) in [6.45, 7) is 4.00. The molecule has 46 valence electrons. The molecule has 7 heavy (non-hydrogen) atoms. The van der Waals surface area contributed by atoms with Gasteiger partial charge in [0.2, 0.25) is 0 Å². The van der Waals surface area contributed by atoms with Crippen molar-refractivity contribution in [2.24, 2.45) is 0 Å². The van der Waals surface area contributed by atoms with Gasteiger partial charge in [-0.3, -0.25) is 10.1 Å². The van der Waals surface area contributed by atoms with Crippen molar-refractivity contribution in [3.05, 3.63) is 10.1 Å². The zero-order valence-electron chi connectivity index (χ0n) is 4.26. The average Bonchev–Trinajstić information content (AvgIpc) is 1.41. The van der Waals surface area contributed by atoms with E-state index in [1.54, 1.807) is 0 Å². The molecule has 0 saturated heterocycles. The fourth-order valence-electron chi connectivity index (χ4n) is 0. The van der Waals surface area contributed by atoms with Crippen molar-refractivity contribution in [1.29, 1.82) is 0 Å². The average molecular weight is 107 g/mol. The molecule has 0 aromatic heterocycles. The Kier molecular flexibility index (Phi) is 41.9. The molecule has 0 atom stereocenters. The first kappa shape index (κ1) is 16.1. The lowest BCUT2D eigenvalue weighted by Gasteiger charge is -1.63. The molecule has 0 aromatic carbocycles. The third-order valence-electron chi connectivity index (χ3n) is 0. The Morgan fingerprint density at radius 1 is 1.43 bits per heavy atom. The Morgan fingerprint density at radius 2 is 1.43 bits per heavy atom. The number of hydrogen-bond donors (Lipinski definition) is 0. The van der Waals surface area contributed by atoms with Crippen molar-refractivity contribution >= 4 is 0 Å². The number of hydrogen-bond acceptors (Lipinski definition) is 2. The lowest BCUT2D eigenvalue weighted by atomic mass is 11.0. The lowest BCUT2D eigenvalue weighted by Crippen LogP contribution is -1.79. The van der Waals surface area contributed by atoms with E-state index in [9.17, 15) is 0 Å². The monoisotopic (exact) mass is 107 g/mol. The van der Waals surface area contributed by atoms with Gasteiger partial charge >= 0.3 is 0 Å². The zero-order chi connectivity index (χ0) is 5.58. The summed E-state index contributed by atoms with van der Waals surface area (Å²) in [6.07, 6.45) is 0. The Bertz CT molecular complexity index is 32.7. The van der Waals surface area contributed by atoms with E-state index in [0.717, 1.165) is 7.05 Å². The minimum atomic E-state index is -0.500. The third-order valence-corrected chi connectivity index (χ3v) is 0. The highest BCUT2D eigenvalue weighted by atomic mass is 16.6. The van der Waals surface area contributed by atoms with Gasteiger partial charge in [0.25, 0.3) is 0 Å². The molecule has 0 spiro atoms. The van der Waals surface area contributed by atoms with Crippen molar-refractivity contribution in [3.8, 4) is 0 Å². The summed E-state index contributed by atoms with van der Waals surface area (Å²) in [5.41, 5.74) is 0. The molecule has 0 N–H and O–H groups in total. The fraction of sp³-hybridized carbons (Fsp3) is 1.00. The van der Waals surface area contributed by atoms with Gasteiger partial charge < -0.3 is 0 Å². The van der Waals surface area contributed by atoms with Gasteiger partial charge in [-0.25, -0.2) is 0 Å². The molecule has 0 amide bonds. The van der Waals surface area contributed by atoms with Crippen LogP contribution in [0.4, 0.5) is 0 Å². The highest BCUT2D eigenvalue weighted by Crippen LogP contribution is 1.39. The molecule has 3 heteroatoms. The van der Waals surface area contributed by atoms with Crippen LogP contribution >= 0.6 is 0 Å². The quantitative estimate of drug-likeness (QED) is 0.348. The Balaban J connectivity index is -0.0000000480. The van der Waals surface area contributed by atoms with Crippen LogP contribution in [0, 0.1) is 10.1 Å². The summed E-state index contributed by atoms with van der Waals surface area (Å²) in [5, 5.41) is 8.81. The Hall–Kier alpha value is -0.600. The maximum absolute atomic E-state index is 8.81. The Morgan fingerprint density at radius 3 is 1.43 bits per heavy atom. The van der Waals surface area contributed by atoms with E-state index in [0.29, 0.717) is 0 Å². The van der Waals surface area contributed by atoms with Gasteiger partial charge in [-0.2, -0.15) is 0 Å². The second-order valence-corrected chi connectivity index (χ2v) is 0.440. The SMILES string of the molecule is C.CC.C[N+](=O)[O-]. The van der Waals surface area contributed by atoms with E-state index in [4.69, 9.17) is 10.1 Å². The molecule has 0 radical (unpaired) electrons. The molecule has 0 saturated carbocycles. The van der Waals surface area contributed by atoms with Gasteiger partial charge in [0, 0.05) is 4.92 Å². The third kappa shape index (κ3) is 173. The number of rotatable bonds is 0. The summed E-state index contributed by atoms with van der Waals surface area (Å²) in [7, 11) is 0.889. The molecule has 0 aromatic rings. The number of nitrogens with zero attached hydrogens (tertiary/aromatic N) is 1. The van der Waals surface area contributed by atoms with Crippen molar-refractivity contribution in [3.63, 3.8) is 0 Å². The molecule has 0 aliphatic rings. The first-order chi connectivity index (χ1) is 2.73. The van der Waals surface area contributed by atoms with Crippen molar-refractivity contribution < 1.29 is 4.92 Å². The van der Waals surface area contributed by atoms with Crippen LogP contribution in [0.3, 0.4) is 0 Å². The molecule has 0 bridgehead atoms. The lowest BCUT2D eigenvalue weighted by molar-refractivity contribution is -0.445. The molecular formula is C4H13NO2. The van der Waals surface area contributed by atoms with E-state index < -0.39 is 4.92 Å². The van der Waals surface area contributed by atoms with Crippen LogP contribution in [-0.2, 0) is 0 Å². The fourth-order valence-corrected chi connectivity index (χ4v) is 0. The highest BCUT2D eigenvalue weighted by molar-refractivity contribution is 3.91. The van der Waals surface area contributed by atoms with Crippen LogP contribution in [0.25, 0.3) is 0 Å². The minimum Gasteiger partial charge on any atom is -0.265 e. The molecule has 0 heterocycles. The molecule has 0 rings (SSSR count). The standard InChI is InChI=1S/C2H6.CH3NO2.CH4/c1-2;1-2(3)4;/h1-2H3;1H3;1H4. The van der Waals surface area contributed by atoms with Gasteiger partial charge in [0.1, 0.15) is 0 Å². The van der Waals surface area contributed by atoms with Crippen LogP contribution in [0.1, 0.15) is 21.3 Å². The van der Waals surface area contributed by atoms with Crippen molar-refractivity contribution in [2.45, 2.75) is 21.3 Å². The van der Waals surface area contributed by atoms with Gasteiger partial charge in [0.05, 0.1) is 0 Å². The van der Waals surface area contributed by atoms with E-state index in [1.807, 2.05) is 13.8 Å². The topological polar surface area (TPSA) is 43.1 Å². The molecule has 3 nitrogen and oxygen atoms in total. The van der Waals surface area contributed by atoms with Crippen LogP contribution in [0.15, 0.2) is 0 Å². The second-order valence-electron chi connectivity index (χ2n) is 0.440. The largest absolute Gasteiger partial charge is 0.265 e. The first-order valence-corrected chi connectivity index (χ1v) is 1.81. The summed E-state index contributed by atoms with van der Waals surface area (Å²) in [5.74, 6) is 0. The summed E-state index contributed by atoms with van der Waals surface area (Å²) in [4.78, 5) is 8.31. The maximum atomic E-state index is 8.81. The van der Waals surface area contributed by atoms with Crippen LogP contribution in [0.2, 0.25) is 0 Å². The zero-order valence-corrected chi connectivity index (χ0v) is 4.26. The van der Waals surface area contributed by atoms with Crippen LogP contribution in [0.5, 0.6) is 0 Å². The van der Waals surface area contributed by atoms with Gasteiger partial charge in [-0.15, -0.1) is 0 Å². The van der Waals surface area contributed by atoms with Gasteiger partial charge in [-0.1, -0.05) is 21.3 Å². The summed E-state index contributed by atoms with van der Waals surface area (Å²) >= 11 is 0. The summed E-state index contributed by atoms with van der Waals surface area (Å²) in [6, 6.07) is 0. The van der Waals surface area contributed by atoms with Gasteiger partial charge in [-0.05, 0) is 0 Å². The van der Waals surface area contributed by atoms with Crippen LogP contribution < -0.4 is 0 Å². The molecular weight excluding hydrogens is 94.0 g/mol. The predicted octanol–water partition coefficient (Wildman–Crippen LogP) is 1.56. The molecule has 0 unspecified atom stereocenters. The van der Waals surface area contributed by atoms with Crippen molar-refractivity contribution in [2.75, 3.05) is 7.05 Å². The molecule has 0 aliphatic heterocycles. The first-order valence-electron chi connectivity index (χ1n) is 1.81. The minimum absolute atomic E-state index is 0. The van der Waals surface area contributed by atoms with Crippen LogP contribution in [-0.4, -0.2) is 12.0 Å². The van der Waals surface area contributed by atoms with Gasteiger partial charge in [0.15, 0.2) is 7.05 Å². The summed E-state index contributed by atoms with van der Waals surface area (Å²) < 4.78 is 0. The second kappa shape index (κ2) is 18.2. The highest BCUT2D eigenvalue weighted by Gasteiger charge is 1.57. The molecule has 0 fully saturated rings. The predicted molar refractivity (Wildman–Crippen MR) is 31.0 cm³/mol. The van der Waals surface area contributed by atoms with E-state index in [-0.39, 0.29) is 7.43 Å². The smallest absolute Gasteiger partial charge is 0.194 e. The molecule has 0 aliphatic carbocycles. The van der Waals surface area contributed by atoms with E-state index >= 15 is 0 Å². The Labute approximate surface area is 44.5 Å². The normalized spacial score (nSPS) is 4.43.